The summed E-state index contributed by atoms with van der Waals surface area (Å²) >= 11 is 0. The van der Waals surface area contributed by atoms with Crippen LogP contribution in [0.1, 0.15) is 49.9 Å². The fraction of sp³-hybridized carbons (Fsp3) is 0.438. The lowest BCUT2D eigenvalue weighted by atomic mass is 10.2. The van der Waals surface area contributed by atoms with Crippen LogP contribution in [0.25, 0.3) is 5.82 Å². The van der Waals surface area contributed by atoms with Crippen LogP contribution in [-0.4, -0.2) is 38.0 Å². The number of carbonyl (C=O) groups excluding carboxylic acids is 1. The van der Waals surface area contributed by atoms with Crippen molar-refractivity contribution in [3.8, 4) is 5.82 Å². The Hall–Kier alpha value is -2.25. The Bertz CT molecular complexity index is 659. The predicted molar refractivity (Wildman–Crippen MR) is 83.1 cm³/mol. The number of rotatable bonds is 5. The molecule has 0 aliphatic rings. The summed E-state index contributed by atoms with van der Waals surface area (Å²) in [6.45, 7) is 7.62. The van der Waals surface area contributed by atoms with Crippen LogP contribution in [0.4, 0.5) is 0 Å². The molecular formula is C16H21N3O4. The molecule has 0 aromatic carbocycles. The van der Waals surface area contributed by atoms with Crippen LogP contribution in [0, 0.1) is 0 Å². The number of nitrogens with zero attached hydrogens (tertiary/aromatic N) is 3. The molecule has 2 aromatic heterocycles. The van der Waals surface area contributed by atoms with Crippen LogP contribution in [0.3, 0.4) is 0 Å². The van der Waals surface area contributed by atoms with E-state index >= 15 is 0 Å². The van der Waals surface area contributed by atoms with E-state index in [1.807, 2.05) is 20.8 Å². The first-order valence-corrected chi connectivity index (χ1v) is 7.34. The number of pyridine rings is 1. The lowest BCUT2D eigenvalue weighted by Crippen LogP contribution is -2.24. The van der Waals surface area contributed by atoms with Gasteiger partial charge in [0, 0.05) is 24.6 Å². The van der Waals surface area contributed by atoms with Gasteiger partial charge in [-0.3, -0.25) is 0 Å². The topological polar surface area (TPSA) is 86.5 Å². The predicted octanol–water partition coefficient (Wildman–Crippen LogP) is 2.25. The van der Waals surface area contributed by atoms with Gasteiger partial charge >= 0.3 is 5.97 Å². The van der Waals surface area contributed by atoms with E-state index in [4.69, 9.17) is 9.47 Å². The minimum absolute atomic E-state index is 0.366. The van der Waals surface area contributed by atoms with Crippen molar-refractivity contribution in [3.05, 3.63) is 41.9 Å². The summed E-state index contributed by atoms with van der Waals surface area (Å²) in [6, 6.07) is 3.28. The standard InChI is InChI=1S/C16H21N3O4/c1-5-22-14(20)12-9-18-19(10-12)13-7-6-11(8-17-13)15(21)23-16(2,3)4/h6-10,14,20H,5H2,1-4H3. The highest BCUT2D eigenvalue weighted by molar-refractivity contribution is 5.89. The second-order valence-corrected chi connectivity index (χ2v) is 5.93. The monoisotopic (exact) mass is 319 g/mol. The first-order chi connectivity index (χ1) is 10.8. The number of ether oxygens (including phenoxy) is 2. The number of aromatic nitrogens is 3. The normalized spacial score (nSPS) is 12.9. The molecule has 0 aliphatic heterocycles. The zero-order chi connectivity index (χ0) is 17.0. The third-order valence-corrected chi connectivity index (χ3v) is 2.83. The lowest BCUT2D eigenvalue weighted by molar-refractivity contribution is -0.0979. The van der Waals surface area contributed by atoms with Gasteiger partial charge in [-0.25, -0.2) is 14.5 Å². The smallest absolute Gasteiger partial charge is 0.340 e. The van der Waals surface area contributed by atoms with Gasteiger partial charge < -0.3 is 14.6 Å². The van der Waals surface area contributed by atoms with Crippen molar-refractivity contribution in [1.29, 1.82) is 0 Å². The van der Waals surface area contributed by atoms with Gasteiger partial charge in [-0.05, 0) is 39.8 Å². The number of hydrogen-bond donors (Lipinski definition) is 1. The van der Waals surface area contributed by atoms with E-state index in [1.165, 1.54) is 17.1 Å². The first-order valence-electron chi connectivity index (χ1n) is 7.34. The third-order valence-electron chi connectivity index (χ3n) is 2.83. The molecule has 0 spiro atoms. The van der Waals surface area contributed by atoms with Crippen LogP contribution < -0.4 is 0 Å². The fourth-order valence-corrected chi connectivity index (χ4v) is 1.82. The molecule has 124 valence electrons. The number of hydrogen-bond acceptors (Lipinski definition) is 6. The van der Waals surface area contributed by atoms with Crippen LogP contribution in [-0.2, 0) is 9.47 Å². The molecule has 2 aromatic rings. The summed E-state index contributed by atoms with van der Waals surface area (Å²) in [6.07, 6.45) is 3.54. The molecule has 0 radical (unpaired) electrons. The van der Waals surface area contributed by atoms with E-state index in [-0.39, 0.29) is 0 Å². The number of aliphatic hydroxyl groups is 1. The van der Waals surface area contributed by atoms with Crippen LogP contribution in [0.2, 0.25) is 0 Å². The van der Waals surface area contributed by atoms with Gasteiger partial charge in [-0.15, -0.1) is 0 Å². The summed E-state index contributed by atoms with van der Waals surface area (Å²) in [5, 5.41) is 13.9. The molecule has 0 aliphatic carbocycles. The summed E-state index contributed by atoms with van der Waals surface area (Å²) in [4.78, 5) is 16.1. The second-order valence-electron chi connectivity index (χ2n) is 5.93. The molecule has 2 rings (SSSR count). The molecular weight excluding hydrogens is 298 g/mol. The molecule has 0 bridgehead atoms. The highest BCUT2D eigenvalue weighted by Crippen LogP contribution is 2.16. The van der Waals surface area contributed by atoms with E-state index in [0.29, 0.717) is 23.6 Å². The zero-order valence-corrected chi connectivity index (χ0v) is 13.7. The van der Waals surface area contributed by atoms with Crippen molar-refractivity contribution < 1.29 is 19.4 Å². The van der Waals surface area contributed by atoms with Crippen molar-refractivity contribution in [1.82, 2.24) is 14.8 Å². The van der Waals surface area contributed by atoms with Crippen LogP contribution in [0.5, 0.6) is 0 Å². The fourth-order valence-electron chi connectivity index (χ4n) is 1.82. The lowest BCUT2D eigenvalue weighted by Gasteiger charge is -2.19. The largest absolute Gasteiger partial charge is 0.456 e. The first kappa shape index (κ1) is 17.1. The van der Waals surface area contributed by atoms with Gasteiger partial charge in [0.05, 0.1) is 11.8 Å². The Labute approximate surface area is 134 Å². The van der Waals surface area contributed by atoms with Gasteiger partial charge in [-0.2, -0.15) is 5.10 Å². The Morgan fingerprint density at radius 3 is 2.65 bits per heavy atom. The number of carbonyl (C=O) groups is 1. The highest BCUT2D eigenvalue weighted by atomic mass is 16.6. The zero-order valence-electron chi connectivity index (χ0n) is 13.7. The van der Waals surface area contributed by atoms with Gasteiger partial charge in [-0.1, -0.05) is 0 Å². The van der Waals surface area contributed by atoms with Crippen molar-refractivity contribution >= 4 is 5.97 Å². The summed E-state index contributed by atoms with van der Waals surface area (Å²) < 4.78 is 11.9. The average Bonchev–Trinajstić information content (AvgIpc) is 2.96. The molecule has 2 heterocycles. The maximum atomic E-state index is 11.9. The van der Waals surface area contributed by atoms with Gasteiger partial charge in [0.2, 0.25) is 0 Å². The molecule has 0 fully saturated rings. The maximum absolute atomic E-state index is 11.9. The van der Waals surface area contributed by atoms with Crippen LogP contribution in [0.15, 0.2) is 30.7 Å². The molecule has 0 saturated heterocycles. The Morgan fingerprint density at radius 1 is 1.35 bits per heavy atom. The summed E-state index contributed by atoms with van der Waals surface area (Å²) in [5.41, 5.74) is 0.345. The highest BCUT2D eigenvalue weighted by Gasteiger charge is 2.18. The summed E-state index contributed by atoms with van der Waals surface area (Å²) in [5.74, 6) is 0.0942. The quantitative estimate of drug-likeness (QED) is 0.672. The molecule has 1 atom stereocenters. The average molecular weight is 319 g/mol. The molecule has 23 heavy (non-hydrogen) atoms. The second kappa shape index (κ2) is 6.89. The molecule has 0 amide bonds. The minimum atomic E-state index is -1.02. The van der Waals surface area contributed by atoms with Gasteiger partial charge in [0.15, 0.2) is 12.1 Å². The van der Waals surface area contributed by atoms with E-state index in [9.17, 15) is 9.90 Å². The summed E-state index contributed by atoms with van der Waals surface area (Å²) in [7, 11) is 0. The van der Waals surface area contributed by atoms with E-state index in [1.54, 1.807) is 25.3 Å². The Kier molecular flexibility index (Phi) is 5.12. The molecule has 1 unspecified atom stereocenters. The molecule has 1 N–H and O–H groups in total. The van der Waals surface area contributed by atoms with Crippen molar-refractivity contribution in [2.24, 2.45) is 0 Å². The van der Waals surface area contributed by atoms with Crippen molar-refractivity contribution in [2.75, 3.05) is 6.61 Å². The molecule has 7 heteroatoms. The maximum Gasteiger partial charge on any atom is 0.340 e. The molecule has 7 nitrogen and oxygen atoms in total. The number of aliphatic hydroxyl groups excluding tert-OH is 1. The molecule has 0 saturated carbocycles. The van der Waals surface area contributed by atoms with Crippen LogP contribution >= 0.6 is 0 Å². The van der Waals surface area contributed by atoms with Crippen molar-refractivity contribution in [2.45, 2.75) is 39.6 Å². The third kappa shape index (κ3) is 4.61. The van der Waals surface area contributed by atoms with Gasteiger partial charge in [0.1, 0.15) is 5.60 Å². The van der Waals surface area contributed by atoms with E-state index < -0.39 is 17.9 Å². The van der Waals surface area contributed by atoms with Gasteiger partial charge in [0.25, 0.3) is 0 Å². The van der Waals surface area contributed by atoms with E-state index in [2.05, 4.69) is 10.1 Å². The minimum Gasteiger partial charge on any atom is -0.456 e. The SMILES string of the molecule is CCOC(O)c1cnn(-c2ccc(C(=O)OC(C)(C)C)cn2)c1. The van der Waals surface area contributed by atoms with E-state index in [0.717, 1.165) is 0 Å². The number of esters is 1. The Balaban J connectivity index is 2.12. The van der Waals surface area contributed by atoms with Crippen molar-refractivity contribution in [3.63, 3.8) is 0 Å². The Morgan fingerprint density at radius 2 is 2.09 bits per heavy atom.